The van der Waals surface area contributed by atoms with E-state index in [9.17, 15) is 4.79 Å². The van der Waals surface area contributed by atoms with E-state index in [1.165, 1.54) is 10.8 Å². The molecule has 0 aliphatic rings. The van der Waals surface area contributed by atoms with Gasteiger partial charge in [-0.2, -0.15) is 5.26 Å². The monoisotopic (exact) mass is 286 g/mol. The van der Waals surface area contributed by atoms with E-state index in [2.05, 4.69) is 0 Å². The zero-order valence-electron chi connectivity index (χ0n) is 8.32. The SMILES string of the molecule is N#Cc1cn(C(=O)C(Cl)(Cl)Cl)c2ccccc12. The smallest absolute Gasteiger partial charge is 0.282 e. The molecule has 1 aromatic carbocycles. The first kappa shape index (κ1) is 12.3. The number of benzene rings is 1. The van der Waals surface area contributed by atoms with Crippen molar-refractivity contribution in [1.82, 2.24) is 4.57 Å². The van der Waals surface area contributed by atoms with Crippen LogP contribution in [-0.2, 0) is 0 Å². The third-order valence-corrected chi connectivity index (χ3v) is 2.78. The van der Waals surface area contributed by atoms with Crippen LogP contribution in [0.15, 0.2) is 30.5 Å². The van der Waals surface area contributed by atoms with Crippen molar-refractivity contribution in [3.63, 3.8) is 0 Å². The van der Waals surface area contributed by atoms with Gasteiger partial charge in [0.2, 0.25) is 0 Å². The molecule has 0 amide bonds. The first-order valence-corrected chi connectivity index (χ1v) is 5.70. The fourth-order valence-electron chi connectivity index (χ4n) is 1.57. The molecule has 0 saturated heterocycles. The molecule has 2 rings (SSSR count). The standard InChI is InChI=1S/C11H5Cl3N2O/c12-11(13,14)10(17)16-6-7(5-15)8-3-1-2-4-9(8)16/h1-4,6H. The van der Waals surface area contributed by atoms with Gasteiger partial charge >= 0.3 is 0 Å². The van der Waals surface area contributed by atoms with Crippen molar-refractivity contribution in [3.05, 3.63) is 36.0 Å². The molecule has 0 radical (unpaired) electrons. The third kappa shape index (κ3) is 2.12. The number of alkyl halides is 3. The maximum atomic E-state index is 11.9. The molecule has 1 aromatic heterocycles. The second kappa shape index (κ2) is 4.23. The molecule has 0 N–H and O–H groups in total. The number of carbonyl (C=O) groups is 1. The van der Waals surface area contributed by atoms with Crippen LogP contribution in [0.3, 0.4) is 0 Å². The van der Waals surface area contributed by atoms with Crippen LogP contribution in [0.25, 0.3) is 10.9 Å². The molecule has 3 nitrogen and oxygen atoms in total. The van der Waals surface area contributed by atoms with Crippen LogP contribution in [0.4, 0.5) is 0 Å². The summed E-state index contributed by atoms with van der Waals surface area (Å²) in [5.41, 5.74) is 0.906. The molecular formula is C11H5Cl3N2O. The van der Waals surface area contributed by atoms with Gasteiger partial charge in [0, 0.05) is 11.6 Å². The van der Waals surface area contributed by atoms with Gasteiger partial charge in [0.15, 0.2) is 0 Å². The summed E-state index contributed by atoms with van der Waals surface area (Å²) in [4.78, 5) is 11.9. The van der Waals surface area contributed by atoms with Crippen molar-refractivity contribution in [2.24, 2.45) is 0 Å². The van der Waals surface area contributed by atoms with Gasteiger partial charge in [0.1, 0.15) is 6.07 Å². The second-order valence-electron chi connectivity index (χ2n) is 3.34. The summed E-state index contributed by atoms with van der Waals surface area (Å²) in [7, 11) is 0. The number of hydrogen-bond donors (Lipinski definition) is 0. The number of carbonyl (C=O) groups excluding carboxylic acids is 1. The number of para-hydroxylation sites is 1. The molecule has 0 aliphatic heterocycles. The van der Waals surface area contributed by atoms with Crippen LogP contribution in [0.2, 0.25) is 0 Å². The highest BCUT2D eigenvalue weighted by Gasteiger charge is 2.33. The number of rotatable bonds is 0. The molecule has 2 aromatic rings. The molecule has 6 heteroatoms. The number of nitrogens with zero attached hydrogens (tertiary/aromatic N) is 2. The van der Waals surface area contributed by atoms with Gasteiger partial charge in [-0.25, -0.2) is 0 Å². The predicted molar refractivity (Wildman–Crippen MR) is 67.6 cm³/mol. The lowest BCUT2D eigenvalue weighted by atomic mass is 10.2. The van der Waals surface area contributed by atoms with Gasteiger partial charge in [-0.15, -0.1) is 0 Å². The summed E-state index contributed by atoms with van der Waals surface area (Å²) in [6.45, 7) is 0. The highest BCUT2D eigenvalue weighted by atomic mass is 35.6. The summed E-state index contributed by atoms with van der Waals surface area (Å²) >= 11 is 16.6. The van der Waals surface area contributed by atoms with Crippen molar-refractivity contribution in [2.75, 3.05) is 0 Å². The molecule has 17 heavy (non-hydrogen) atoms. The highest BCUT2D eigenvalue weighted by molar-refractivity contribution is 6.76. The number of fused-ring (bicyclic) bond motifs is 1. The summed E-state index contributed by atoms with van der Waals surface area (Å²) in [5, 5.41) is 9.61. The molecule has 86 valence electrons. The maximum absolute atomic E-state index is 11.9. The fourth-order valence-corrected chi connectivity index (χ4v) is 1.85. The molecule has 0 atom stereocenters. The number of nitriles is 1. The second-order valence-corrected chi connectivity index (χ2v) is 5.63. The minimum absolute atomic E-state index is 0.364. The Hall–Kier alpha value is -1.21. The molecule has 0 spiro atoms. The van der Waals surface area contributed by atoms with Gasteiger partial charge < -0.3 is 0 Å². The minimum Gasteiger partial charge on any atom is -0.282 e. The van der Waals surface area contributed by atoms with Crippen LogP contribution in [-0.4, -0.2) is 14.3 Å². The van der Waals surface area contributed by atoms with Crippen molar-refractivity contribution in [2.45, 2.75) is 3.79 Å². The Balaban J connectivity index is 2.72. The van der Waals surface area contributed by atoms with Crippen LogP contribution >= 0.6 is 34.8 Å². The number of halogens is 3. The fraction of sp³-hybridized carbons (Fsp3) is 0.0909. The van der Waals surface area contributed by atoms with Crippen LogP contribution in [0, 0.1) is 11.3 Å². The van der Waals surface area contributed by atoms with Gasteiger partial charge in [-0.1, -0.05) is 53.0 Å². The minimum atomic E-state index is -2.05. The van der Waals surface area contributed by atoms with Gasteiger partial charge in [0.05, 0.1) is 11.1 Å². The molecule has 1 heterocycles. The maximum Gasteiger partial charge on any atom is 0.283 e. The summed E-state index contributed by atoms with van der Waals surface area (Å²) in [6, 6.07) is 8.92. The largest absolute Gasteiger partial charge is 0.283 e. The first-order chi connectivity index (χ1) is 7.95. The average molecular weight is 288 g/mol. The van der Waals surface area contributed by atoms with Gasteiger partial charge in [-0.3, -0.25) is 9.36 Å². The normalized spacial score (nSPS) is 11.4. The van der Waals surface area contributed by atoms with Crippen LogP contribution in [0.1, 0.15) is 10.4 Å². The van der Waals surface area contributed by atoms with E-state index in [-0.39, 0.29) is 0 Å². The van der Waals surface area contributed by atoms with Gasteiger partial charge in [0.25, 0.3) is 9.70 Å². The zero-order chi connectivity index (χ0) is 12.6. The quantitative estimate of drug-likeness (QED) is 0.696. The Bertz CT molecular complexity index is 634. The third-order valence-electron chi connectivity index (χ3n) is 2.29. The Morgan fingerprint density at radius 3 is 2.53 bits per heavy atom. The van der Waals surface area contributed by atoms with Gasteiger partial charge in [-0.05, 0) is 6.07 Å². The Morgan fingerprint density at radius 1 is 1.29 bits per heavy atom. The van der Waals surface area contributed by atoms with E-state index < -0.39 is 9.70 Å². The van der Waals surface area contributed by atoms with Crippen molar-refractivity contribution in [1.29, 1.82) is 5.26 Å². The molecular weight excluding hydrogens is 282 g/mol. The topological polar surface area (TPSA) is 45.8 Å². The Labute approximate surface area is 112 Å². The molecule has 0 aliphatic carbocycles. The van der Waals surface area contributed by atoms with Crippen LogP contribution in [0.5, 0.6) is 0 Å². The van der Waals surface area contributed by atoms with E-state index in [4.69, 9.17) is 40.1 Å². The van der Waals surface area contributed by atoms with E-state index >= 15 is 0 Å². The molecule has 0 fully saturated rings. The number of hydrogen-bond acceptors (Lipinski definition) is 2. The molecule has 0 unspecified atom stereocenters. The van der Waals surface area contributed by atoms with E-state index in [0.29, 0.717) is 16.5 Å². The summed E-state index contributed by atoms with van der Waals surface area (Å²) < 4.78 is -0.866. The molecule has 0 saturated carbocycles. The number of aromatic nitrogens is 1. The molecule has 0 bridgehead atoms. The summed E-state index contributed by atoms with van der Waals surface area (Å²) in [6.07, 6.45) is 1.37. The zero-order valence-corrected chi connectivity index (χ0v) is 10.6. The summed E-state index contributed by atoms with van der Waals surface area (Å²) in [5.74, 6) is -0.708. The van der Waals surface area contributed by atoms with Crippen LogP contribution < -0.4 is 0 Å². The van der Waals surface area contributed by atoms with Crippen molar-refractivity contribution in [3.8, 4) is 6.07 Å². The lowest BCUT2D eigenvalue weighted by Crippen LogP contribution is -2.25. The average Bonchev–Trinajstić information content (AvgIpc) is 2.65. The van der Waals surface area contributed by atoms with Crippen molar-refractivity contribution < 1.29 is 4.79 Å². The Morgan fingerprint density at radius 2 is 1.94 bits per heavy atom. The predicted octanol–water partition coefficient (Wildman–Crippen LogP) is 3.52. The van der Waals surface area contributed by atoms with Crippen molar-refractivity contribution >= 4 is 51.6 Å². The lowest BCUT2D eigenvalue weighted by Gasteiger charge is -2.10. The van der Waals surface area contributed by atoms with E-state index in [1.54, 1.807) is 24.3 Å². The van der Waals surface area contributed by atoms with E-state index in [0.717, 1.165) is 0 Å². The van der Waals surface area contributed by atoms with E-state index in [1.807, 2.05) is 6.07 Å². The lowest BCUT2D eigenvalue weighted by molar-refractivity contribution is 0.0923. The highest BCUT2D eigenvalue weighted by Crippen LogP contribution is 2.31. The Kier molecular flexibility index (Phi) is 3.05. The first-order valence-electron chi connectivity index (χ1n) is 4.57.